The molecule has 156 valence electrons. The summed E-state index contributed by atoms with van der Waals surface area (Å²) in [6, 6.07) is 9.88. The van der Waals surface area contributed by atoms with E-state index in [4.69, 9.17) is 4.74 Å². The fourth-order valence-corrected chi connectivity index (χ4v) is 5.37. The highest BCUT2D eigenvalue weighted by atomic mass is 16.5. The van der Waals surface area contributed by atoms with Gasteiger partial charge in [-0.1, -0.05) is 72.7 Å². The van der Waals surface area contributed by atoms with Gasteiger partial charge in [-0.15, -0.1) is 0 Å². The minimum absolute atomic E-state index is 0.138. The first-order valence-corrected chi connectivity index (χ1v) is 11.4. The highest BCUT2D eigenvalue weighted by Gasteiger charge is 2.35. The van der Waals surface area contributed by atoms with Crippen LogP contribution in [0.15, 0.2) is 24.3 Å². The normalized spacial score (nSPS) is 21.4. The van der Waals surface area contributed by atoms with Crippen molar-refractivity contribution >= 4 is 0 Å². The maximum atomic E-state index is 5.96. The lowest BCUT2D eigenvalue weighted by atomic mass is 9.77. The summed E-state index contributed by atoms with van der Waals surface area (Å²) in [5.41, 5.74) is 12.3. The zero-order valence-electron chi connectivity index (χ0n) is 19.7. The standard InChI is InChI=1S/C28H38O/c1-17-12-23-24(26(17)29-8)15-18-10-9-11-22(18)25(23)19-13-20(27(2,3)4)16-21(14-19)28(5,6)7/h13-17,26H,9-12H2,1-8H3. The molecule has 0 bridgehead atoms. The molecule has 0 saturated heterocycles. The van der Waals surface area contributed by atoms with Crippen molar-refractivity contribution in [3.05, 3.63) is 57.6 Å². The Morgan fingerprint density at radius 3 is 2.00 bits per heavy atom. The number of ether oxygens (including phenoxy) is 1. The summed E-state index contributed by atoms with van der Waals surface area (Å²) < 4.78 is 5.96. The monoisotopic (exact) mass is 390 g/mol. The lowest BCUT2D eigenvalue weighted by Gasteiger charge is -2.27. The molecule has 0 aromatic heterocycles. The van der Waals surface area contributed by atoms with E-state index in [-0.39, 0.29) is 16.9 Å². The average molecular weight is 391 g/mol. The van der Waals surface area contributed by atoms with E-state index in [1.54, 1.807) is 16.7 Å². The highest BCUT2D eigenvalue weighted by Crippen LogP contribution is 2.48. The van der Waals surface area contributed by atoms with Crippen LogP contribution in [0.1, 0.15) is 94.4 Å². The fraction of sp³-hybridized carbons (Fsp3) is 0.571. The van der Waals surface area contributed by atoms with Crippen LogP contribution in [0.5, 0.6) is 0 Å². The van der Waals surface area contributed by atoms with Gasteiger partial charge in [0.2, 0.25) is 0 Å². The number of rotatable bonds is 2. The molecule has 4 rings (SSSR count). The van der Waals surface area contributed by atoms with Crippen LogP contribution < -0.4 is 0 Å². The van der Waals surface area contributed by atoms with Gasteiger partial charge in [0.05, 0.1) is 6.10 Å². The molecule has 29 heavy (non-hydrogen) atoms. The van der Waals surface area contributed by atoms with Gasteiger partial charge in [0.25, 0.3) is 0 Å². The Balaban J connectivity index is 2.01. The third kappa shape index (κ3) is 3.56. The van der Waals surface area contributed by atoms with Crippen molar-refractivity contribution in [2.75, 3.05) is 7.11 Å². The van der Waals surface area contributed by atoms with Crippen molar-refractivity contribution in [2.45, 2.75) is 91.1 Å². The first-order chi connectivity index (χ1) is 13.5. The molecule has 2 unspecified atom stereocenters. The second-order valence-corrected chi connectivity index (χ2v) is 11.4. The van der Waals surface area contributed by atoms with Crippen molar-refractivity contribution in [2.24, 2.45) is 5.92 Å². The van der Waals surface area contributed by atoms with Gasteiger partial charge < -0.3 is 4.74 Å². The Kier molecular flexibility index (Phi) is 4.97. The minimum Gasteiger partial charge on any atom is -0.376 e. The van der Waals surface area contributed by atoms with Crippen LogP contribution in [-0.4, -0.2) is 7.11 Å². The average Bonchev–Trinajstić information content (AvgIpc) is 3.20. The molecule has 0 spiro atoms. The van der Waals surface area contributed by atoms with Gasteiger partial charge in [-0.05, 0) is 86.9 Å². The van der Waals surface area contributed by atoms with Crippen LogP contribution in [0.2, 0.25) is 0 Å². The van der Waals surface area contributed by atoms with E-state index in [0.717, 1.165) is 6.42 Å². The van der Waals surface area contributed by atoms with Gasteiger partial charge >= 0.3 is 0 Å². The van der Waals surface area contributed by atoms with E-state index < -0.39 is 0 Å². The van der Waals surface area contributed by atoms with Gasteiger partial charge in [-0.3, -0.25) is 0 Å². The highest BCUT2D eigenvalue weighted by molar-refractivity contribution is 5.77. The van der Waals surface area contributed by atoms with Gasteiger partial charge in [0, 0.05) is 7.11 Å². The van der Waals surface area contributed by atoms with Crippen LogP contribution >= 0.6 is 0 Å². The van der Waals surface area contributed by atoms with Crippen LogP contribution in [-0.2, 0) is 34.8 Å². The Hall–Kier alpha value is -1.60. The number of fused-ring (bicyclic) bond motifs is 2. The van der Waals surface area contributed by atoms with Crippen LogP contribution in [0.4, 0.5) is 0 Å². The second-order valence-electron chi connectivity index (χ2n) is 11.4. The molecule has 1 heteroatoms. The van der Waals surface area contributed by atoms with Crippen molar-refractivity contribution in [1.29, 1.82) is 0 Å². The molecule has 2 aromatic rings. The van der Waals surface area contributed by atoms with E-state index in [1.165, 1.54) is 47.1 Å². The summed E-state index contributed by atoms with van der Waals surface area (Å²) in [7, 11) is 1.88. The van der Waals surface area contributed by atoms with Crippen molar-refractivity contribution in [3.8, 4) is 11.1 Å². The summed E-state index contributed by atoms with van der Waals surface area (Å²) in [5, 5.41) is 0. The lowest BCUT2D eigenvalue weighted by Crippen LogP contribution is -2.16. The quantitative estimate of drug-likeness (QED) is 0.522. The van der Waals surface area contributed by atoms with Crippen molar-refractivity contribution in [1.82, 2.24) is 0 Å². The molecule has 0 amide bonds. The smallest absolute Gasteiger partial charge is 0.0852 e. The maximum Gasteiger partial charge on any atom is 0.0852 e. The molecule has 2 atom stereocenters. The Bertz CT molecular complexity index is 904. The minimum atomic E-state index is 0.138. The molecule has 2 aliphatic rings. The van der Waals surface area contributed by atoms with E-state index >= 15 is 0 Å². The molecular weight excluding hydrogens is 352 g/mol. The Morgan fingerprint density at radius 2 is 1.45 bits per heavy atom. The van der Waals surface area contributed by atoms with Crippen LogP contribution in [0.3, 0.4) is 0 Å². The van der Waals surface area contributed by atoms with E-state index in [2.05, 4.69) is 72.7 Å². The number of aryl methyl sites for hydroxylation is 1. The predicted octanol–water partition coefficient (Wildman–Crippen LogP) is 7.32. The van der Waals surface area contributed by atoms with Gasteiger partial charge in [0.15, 0.2) is 0 Å². The number of hydrogen-bond donors (Lipinski definition) is 0. The van der Waals surface area contributed by atoms with E-state index in [9.17, 15) is 0 Å². The molecule has 0 radical (unpaired) electrons. The number of methoxy groups -OCH3 is 1. The van der Waals surface area contributed by atoms with Gasteiger partial charge in [0.1, 0.15) is 0 Å². The third-order valence-electron chi connectivity index (χ3n) is 7.10. The van der Waals surface area contributed by atoms with Crippen LogP contribution in [0.25, 0.3) is 11.1 Å². The largest absolute Gasteiger partial charge is 0.376 e. The van der Waals surface area contributed by atoms with Crippen molar-refractivity contribution < 1.29 is 4.74 Å². The molecule has 0 aliphatic heterocycles. The summed E-state index contributed by atoms with van der Waals surface area (Å²) in [4.78, 5) is 0. The molecule has 2 aliphatic carbocycles. The summed E-state index contributed by atoms with van der Waals surface area (Å²) >= 11 is 0. The molecule has 2 aromatic carbocycles. The molecule has 0 fully saturated rings. The maximum absolute atomic E-state index is 5.96. The van der Waals surface area contributed by atoms with Crippen LogP contribution in [0, 0.1) is 5.92 Å². The molecule has 0 saturated carbocycles. The molecular formula is C28H38O. The lowest BCUT2D eigenvalue weighted by molar-refractivity contribution is 0.0695. The topological polar surface area (TPSA) is 9.23 Å². The molecule has 0 N–H and O–H groups in total. The molecule has 1 nitrogen and oxygen atoms in total. The third-order valence-corrected chi connectivity index (χ3v) is 7.10. The Morgan fingerprint density at radius 1 is 0.828 bits per heavy atom. The summed E-state index contributed by atoms with van der Waals surface area (Å²) in [5.74, 6) is 0.546. The zero-order valence-corrected chi connectivity index (χ0v) is 19.7. The first kappa shape index (κ1) is 20.7. The van der Waals surface area contributed by atoms with Gasteiger partial charge in [-0.25, -0.2) is 0 Å². The van der Waals surface area contributed by atoms with E-state index in [0.29, 0.717) is 5.92 Å². The summed E-state index contributed by atoms with van der Waals surface area (Å²) in [6.07, 6.45) is 5.08. The van der Waals surface area contributed by atoms with Gasteiger partial charge in [-0.2, -0.15) is 0 Å². The number of benzene rings is 2. The van der Waals surface area contributed by atoms with E-state index in [1.807, 2.05) is 7.11 Å². The summed E-state index contributed by atoms with van der Waals surface area (Å²) in [6.45, 7) is 16.4. The molecule has 0 heterocycles. The SMILES string of the molecule is COC1c2cc3c(c(-c4cc(C(C)(C)C)cc(C(C)(C)C)c4)c2CC1C)CCC3. The number of hydrogen-bond acceptors (Lipinski definition) is 1. The first-order valence-electron chi connectivity index (χ1n) is 11.4. The zero-order chi connectivity index (χ0) is 21.1. The Labute approximate surface area is 177 Å². The second kappa shape index (κ2) is 6.98. The predicted molar refractivity (Wildman–Crippen MR) is 124 cm³/mol. The van der Waals surface area contributed by atoms with Crippen molar-refractivity contribution in [3.63, 3.8) is 0 Å². The fourth-order valence-electron chi connectivity index (χ4n) is 5.37.